The Morgan fingerprint density at radius 3 is 2.17 bits per heavy atom. The highest BCUT2D eigenvalue weighted by atomic mass is 16.5. The first-order chi connectivity index (χ1) is 14.1. The molecule has 0 saturated heterocycles. The molecule has 3 aromatic heterocycles. The lowest BCUT2D eigenvalue weighted by atomic mass is 10.1. The van der Waals surface area contributed by atoms with Crippen LogP contribution in [0.15, 0.2) is 65.6 Å². The fourth-order valence-electron chi connectivity index (χ4n) is 3.12. The molecule has 0 unspecified atom stereocenters. The number of aromatic nitrogens is 3. The first kappa shape index (κ1) is 18.5. The summed E-state index contributed by atoms with van der Waals surface area (Å²) in [4.78, 5) is 22.2. The third kappa shape index (κ3) is 3.38. The Kier molecular flexibility index (Phi) is 4.87. The van der Waals surface area contributed by atoms with Crippen LogP contribution < -0.4 is 19.8 Å². The van der Waals surface area contributed by atoms with Crippen LogP contribution in [-0.2, 0) is 0 Å². The summed E-state index contributed by atoms with van der Waals surface area (Å²) in [5.41, 5.74) is 2.18. The van der Waals surface area contributed by atoms with Crippen LogP contribution in [0.25, 0.3) is 27.8 Å². The van der Waals surface area contributed by atoms with Gasteiger partial charge in [0.1, 0.15) is 5.75 Å². The predicted molar refractivity (Wildman–Crippen MR) is 110 cm³/mol. The number of hydrogen-bond acceptors (Lipinski definition) is 6. The number of rotatable bonds is 5. The highest BCUT2D eigenvalue weighted by Crippen LogP contribution is 2.26. The molecule has 0 aliphatic rings. The molecule has 0 saturated carbocycles. The van der Waals surface area contributed by atoms with Crippen molar-refractivity contribution in [1.82, 2.24) is 14.5 Å². The summed E-state index contributed by atoms with van der Waals surface area (Å²) in [7, 11) is 4.69. The van der Waals surface area contributed by atoms with Crippen molar-refractivity contribution in [2.75, 3.05) is 21.3 Å². The summed E-state index contributed by atoms with van der Waals surface area (Å²) < 4.78 is 17.1. The van der Waals surface area contributed by atoms with Gasteiger partial charge in [-0.05, 0) is 35.9 Å². The van der Waals surface area contributed by atoms with E-state index in [1.807, 2.05) is 36.4 Å². The zero-order chi connectivity index (χ0) is 20.4. The molecule has 146 valence electrons. The number of methoxy groups -OCH3 is 3. The summed E-state index contributed by atoms with van der Waals surface area (Å²) in [6.07, 6.45) is 1.58. The first-order valence-corrected chi connectivity index (χ1v) is 8.90. The van der Waals surface area contributed by atoms with Crippen LogP contribution >= 0.6 is 0 Å². The number of fused-ring (bicyclic) bond motifs is 1. The lowest BCUT2D eigenvalue weighted by Crippen LogP contribution is -2.21. The van der Waals surface area contributed by atoms with Crippen LogP contribution in [-0.4, -0.2) is 35.9 Å². The maximum absolute atomic E-state index is 13.5. The predicted octanol–water partition coefficient (Wildman–Crippen LogP) is 3.47. The van der Waals surface area contributed by atoms with Crippen LogP contribution in [0.4, 0.5) is 0 Å². The van der Waals surface area contributed by atoms with E-state index in [9.17, 15) is 4.79 Å². The second-order valence-electron chi connectivity index (χ2n) is 6.25. The molecule has 0 radical (unpaired) electrons. The largest absolute Gasteiger partial charge is 0.497 e. The zero-order valence-corrected chi connectivity index (χ0v) is 16.2. The minimum absolute atomic E-state index is 0.213. The lowest BCUT2D eigenvalue weighted by molar-refractivity contribution is 0.397. The van der Waals surface area contributed by atoms with Gasteiger partial charge in [0.05, 0.1) is 33.2 Å². The van der Waals surface area contributed by atoms with Crippen molar-refractivity contribution in [3.63, 3.8) is 0 Å². The van der Waals surface area contributed by atoms with Gasteiger partial charge in [0, 0.05) is 23.1 Å². The minimum atomic E-state index is -0.213. The SMILES string of the molecule is COc1ccc(-c2cc3ccc(OC)nc3n(-c3ccc(OC)nc3)c2=O)cc1. The second-order valence-corrected chi connectivity index (χ2v) is 6.25. The number of benzene rings is 1. The summed E-state index contributed by atoms with van der Waals surface area (Å²) in [6.45, 7) is 0. The van der Waals surface area contributed by atoms with Crippen molar-refractivity contribution in [3.8, 4) is 34.3 Å². The lowest BCUT2D eigenvalue weighted by Gasteiger charge is -2.13. The minimum Gasteiger partial charge on any atom is -0.497 e. The summed E-state index contributed by atoms with van der Waals surface area (Å²) in [5.74, 6) is 1.60. The molecule has 0 fully saturated rings. The average Bonchev–Trinajstić information content (AvgIpc) is 2.78. The smallest absolute Gasteiger partial charge is 0.264 e. The standard InChI is InChI=1S/C22H19N3O4/c1-27-17-8-4-14(5-9-17)18-12-15-6-10-20(29-3)24-21(15)25(22(18)26)16-7-11-19(28-2)23-13-16/h4-13H,1-3H3. The van der Waals surface area contributed by atoms with Crippen molar-refractivity contribution in [1.29, 1.82) is 0 Å². The van der Waals surface area contributed by atoms with Crippen molar-refractivity contribution in [2.24, 2.45) is 0 Å². The van der Waals surface area contributed by atoms with Gasteiger partial charge in [-0.3, -0.25) is 9.36 Å². The third-order valence-corrected chi connectivity index (χ3v) is 4.62. The fraction of sp³-hybridized carbons (Fsp3) is 0.136. The molecular weight excluding hydrogens is 370 g/mol. The molecular formula is C22H19N3O4. The molecule has 0 aliphatic heterocycles. The first-order valence-electron chi connectivity index (χ1n) is 8.90. The van der Waals surface area contributed by atoms with Gasteiger partial charge in [0.15, 0.2) is 5.65 Å². The highest BCUT2D eigenvalue weighted by molar-refractivity contribution is 5.83. The molecule has 0 amide bonds. The Morgan fingerprint density at radius 1 is 0.828 bits per heavy atom. The van der Waals surface area contributed by atoms with Gasteiger partial charge >= 0.3 is 0 Å². The van der Waals surface area contributed by atoms with Gasteiger partial charge in [-0.15, -0.1) is 0 Å². The van der Waals surface area contributed by atoms with Crippen molar-refractivity contribution in [3.05, 3.63) is 71.1 Å². The van der Waals surface area contributed by atoms with Crippen LogP contribution in [0.1, 0.15) is 0 Å². The average molecular weight is 389 g/mol. The van der Waals surface area contributed by atoms with Crippen LogP contribution in [0.3, 0.4) is 0 Å². The third-order valence-electron chi connectivity index (χ3n) is 4.62. The molecule has 7 nitrogen and oxygen atoms in total. The molecule has 0 spiro atoms. The van der Waals surface area contributed by atoms with Crippen LogP contribution in [0.5, 0.6) is 17.5 Å². The Labute approximate surface area is 167 Å². The molecule has 29 heavy (non-hydrogen) atoms. The van der Waals surface area contributed by atoms with E-state index in [0.29, 0.717) is 28.7 Å². The Morgan fingerprint density at radius 2 is 1.55 bits per heavy atom. The summed E-state index contributed by atoms with van der Waals surface area (Å²) >= 11 is 0. The normalized spacial score (nSPS) is 10.7. The van der Waals surface area contributed by atoms with E-state index in [1.54, 1.807) is 38.6 Å². The van der Waals surface area contributed by atoms with E-state index < -0.39 is 0 Å². The molecule has 0 atom stereocenters. The highest BCUT2D eigenvalue weighted by Gasteiger charge is 2.15. The van der Waals surface area contributed by atoms with Gasteiger partial charge < -0.3 is 14.2 Å². The molecule has 0 aliphatic carbocycles. The molecule has 7 heteroatoms. The molecule has 4 rings (SSSR count). The van der Waals surface area contributed by atoms with Gasteiger partial charge in [-0.2, -0.15) is 4.98 Å². The number of pyridine rings is 3. The van der Waals surface area contributed by atoms with E-state index in [0.717, 1.165) is 16.7 Å². The van der Waals surface area contributed by atoms with Crippen molar-refractivity contribution in [2.45, 2.75) is 0 Å². The maximum Gasteiger partial charge on any atom is 0.264 e. The molecule has 4 aromatic rings. The van der Waals surface area contributed by atoms with Crippen LogP contribution in [0, 0.1) is 0 Å². The van der Waals surface area contributed by atoms with E-state index in [1.165, 1.54) is 11.7 Å². The van der Waals surface area contributed by atoms with Gasteiger partial charge in [0.25, 0.3) is 5.56 Å². The van der Waals surface area contributed by atoms with E-state index in [4.69, 9.17) is 14.2 Å². The molecule has 0 bridgehead atoms. The maximum atomic E-state index is 13.5. The number of ether oxygens (including phenoxy) is 3. The molecule has 0 N–H and O–H groups in total. The van der Waals surface area contributed by atoms with Gasteiger partial charge in [0.2, 0.25) is 11.8 Å². The van der Waals surface area contributed by atoms with Crippen molar-refractivity contribution < 1.29 is 14.2 Å². The number of hydrogen-bond donors (Lipinski definition) is 0. The van der Waals surface area contributed by atoms with Crippen LogP contribution in [0.2, 0.25) is 0 Å². The fourth-order valence-corrected chi connectivity index (χ4v) is 3.12. The Hall–Kier alpha value is -3.87. The van der Waals surface area contributed by atoms with E-state index in [2.05, 4.69) is 9.97 Å². The van der Waals surface area contributed by atoms with Gasteiger partial charge in [-0.1, -0.05) is 12.1 Å². The quantitative estimate of drug-likeness (QED) is 0.520. The van der Waals surface area contributed by atoms with Crippen molar-refractivity contribution >= 4 is 11.0 Å². The molecule has 3 heterocycles. The second kappa shape index (κ2) is 7.63. The van der Waals surface area contributed by atoms with E-state index in [-0.39, 0.29) is 5.56 Å². The zero-order valence-electron chi connectivity index (χ0n) is 16.2. The van der Waals surface area contributed by atoms with E-state index >= 15 is 0 Å². The monoisotopic (exact) mass is 389 g/mol. The topological polar surface area (TPSA) is 75.5 Å². The summed E-state index contributed by atoms with van der Waals surface area (Å²) in [5, 5.41) is 0.798. The molecule has 1 aromatic carbocycles. The number of nitrogens with zero attached hydrogens (tertiary/aromatic N) is 3. The van der Waals surface area contributed by atoms with Gasteiger partial charge in [-0.25, -0.2) is 4.98 Å². The Bertz CT molecular complexity index is 1220. The summed E-state index contributed by atoms with van der Waals surface area (Å²) in [6, 6.07) is 16.3. The Balaban J connectivity index is 2.01.